The molecule has 2 N–H and O–H groups in total. The number of carbonyl (C=O) groups is 1. The van der Waals surface area contributed by atoms with Crippen LogP contribution in [0, 0.1) is 0 Å². The van der Waals surface area contributed by atoms with Crippen molar-refractivity contribution in [3.05, 3.63) is 0 Å². The highest BCUT2D eigenvalue weighted by molar-refractivity contribution is 5.75. The van der Waals surface area contributed by atoms with E-state index >= 15 is 0 Å². The van der Waals surface area contributed by atoms with E-state index in [-0.39, 0.29) is 12.5 Å². The molecule has 0 unspecified atom stereocenters. The smallest absolute Gasteiger partial charge is 0.224 e. The summed E-state index contributed by atoms with van der Waals surface area (Å²) in [6.45, 7) is 4.03. The quantitative estimate of drug-likeness (QED) is 0.146. The first-order valence-electron chi connectivity index (χ1n) is 12.2. The van der Waals surface area contributed by atoms with Gasteiger partial charge in [0.2, 0.25) is 5.91 Å². The summed E-state index contributed by atoms with van der Waals surface area (Å²) in [5.74, 6) is 0.171. The zero-order valence-corrected chi connectivity index (χ0v) is 19.4. The van der Waals surface area contributed by atoms with Gasteiger partial charge in [0.15, 0.2) is 6.67 Å². The molecule has 0 aromatic carbocycles. The lowest BCUT2D eigenvalue weighted by Gasteiger charge is -2.29. The first-order chi connectivity index (χ1) is 13.5. The molecular weight excluding hydrogens is 348 g/mol. The van der Waals surface area contributed by atoms with Gasteiger partial charge in [0.05, 0.1) is 20.6 Å². The molecule has 0 radical (unpaired) electrons. The zero-order chi connectivity index (χ0) is 20.9. The Hall–Kier alpha value is -0.610. The van der Waals surface area contributed by atoms with Gasteiger partial charge in [-0.15, -0.1) is 0 Å². The topological polar surface area (TPSA) is 49.3 Å². The Balaban J connectivity index is 3.29. The minimum Gasteiger partial charge on any atom is -0.396 e. The van der Waals surface area contributed by atoms with Gasteiger partial charge in [-0.05, 0) is 6.42 Å². The second kappa shape index (κ2) is 19.7. The van der Waals surface area contributed by atoms with Crippen molar-refractivity contribution in [2.75, 3.05) is 33.9 Å². The number of hydrogen-bond donors (Lipinski definition) is 2. The number of nitrogens with one attached hydrogen (secondary N) is 1. The van der Waals surface area contributed by atoms with Crippen LogP contribution in [-0.2, 0) is 4.79 Å². The second-order valence-corrected chi connectivity index (χ2v) is 9.19. The molecule has 28 heavy (non-hydrogen) atoms. The number of rotatable bonds is 21. The molecule has 0 aliphatic heterocycles. The monoisotopic (exact) mass is 399 g/mol. The molecule has 4 nitrogen and oxygen atoms in total. The van der Waals surface area contributed by atoms with Crippen LogP contribution in [0.3, 0.4) is 0 Å². The van der Waals surface area contributed by atoms with Crippen LogP contribution in [0.4, 0.5) is 0 Å². The fraction of sp³-hybridized carbons (Fsp3) is 0.958. The maximum atomic E-state index is 11.9. The van der Waals surface area contributed by atoms with Crippen molar-refractivity contribution in [1.82, 2.24) is 5.32 Å². The Bertz CT molecular complexity index is 345. The Labute approximate surface area is 176 Å². The van der Waals surface area contributed by atoms with E-state index in [2.05, 4.69) is 26.3 Å². The molecule has 0 spiro atoms. The van der Waals surface area contributed by atoms with Crippen molar-refractivity contribution in [2.45, 2.75) is 116 Å². The fourth-order valence-corrected chi connectivity index (χ4v) is 3.63. The van der Waals surface area contributed by atoms with Crippen molar-refractivity contribution in [2.24, 2.45) is 0 Å². The molecule has 0 saturated heterocycles. The number of hydrogen-bond acceptors (Lipinski definition) is 2. The van der Waals surface area contributed by atoms with Gasteiger partial charge in [-0.3, -0.25) is 4.79 Å². The van der Waals surface area contributed by atoms with Crippen molar-refractivity contribution >= 4 is 5.91 Å². The molecule has 0 aromatic rings. The molecule has 168 valence electrons. The molecule has 0 saturated carbocycles. The van der Waals surface area contributed by atoms with Crippen LogP contribution < -0.4 is 5.32 Å². The van der Waals surface area contributed by atoms with E-state index in [1.807, 2.05) is 0 Å². The summed E-state index contributed by atoms with van der Waals surface area (Å²) < 4.78 is 0.727. The van der Waals surface area contributed by atoms with E-state index in [4.69, 9.17) is 5.11 Å². The van der Waals surface area contributed by atoms with Gasteiger partial charge in [-0.2, -0.15) is 0 Å². The van der Waals surface area contributed by atoms with Crippen molar-refractivity contribution in [3.63, 3.8) is 0 Å². The summed E-state index contributed by atoms with van der Waals surface area (Å²) in [4.78, 5) is 11.9. The van der Waals surface area contributed by atoms with E-state index < -0.39 is 0 Å². The van der Waals surface area contributed by atoms with Crippen LogP contribution >= 0.6 is 0 Å². The molecule has 0 aliphatic carbocycles. The third-order valence-corrected chi connectivity index (χ3v) is 5.63. The number of nitrogens with zero attached hydrogens (tertiary/aromatic N) is 1. The molecule has 0 heterocycles. The van der Waals surface area contributed by atoms with E-state index in [0.29, 0.717) is 13.1 Å². The van der Waals surface area contributed by atoms with Gasteiger partial charge in [-0.25, -0.2) is 0 Å². The highest BCUT2D eigenvalue weighted by atomic mass is 16.3. The van der Waals surface area contributed by atoms with Crippen molar-refractivity contribution in [3.8, 4) is 0 Å². The fourth-order valence-electron chi connectivity index (χ4n) is 3.63. The molecule has 0 aromatic heterocycles. The maximum absolute atomic E-state index is 11.9. The van der Waals surface area contributed by atoms with Gasteiger partial charge >= 0.3 is 0 Å². The first-order valence-corrected chi connectivity index (χ1v) is 12.2. The average Bonchev–Trinajstić information content (AvgIpc) is 2.68. The predicted molar refractivity (Wildman–Crippen MR) is 121 cm³/mol. The van der Waals surface area contributed by atoms with Gasteiger partial charge in [0.1, 0.15) is 0 Å². The number of quaternary nitrogens is 1. The SMILES string of the molecule is CCCCCCCCCCCCCCCCCC(=O)NC[N+](C)(C)CCCO. The molecule has 4 heteroatoms. The predicted octanol–water partition coefficient (Wildman–Crippen LogP) is 5.78. The standard InChI is InChI=1S/C24H50N2O2/c1-4-5-6-7-8-9-10-11-12-13-14-15-16-17-18-20-24(28)25-23-26(2,3)21-19-22-27/h27H,4-23H2,1-3H3/p+1. The molecule has 0 atom stereocenters. The Morgan fingerprint density at radius 1 is 0.714 bits per heavy atom. The van der Waals surface area contributed by atoms with E-state index in [1.165, 1.54) is 89.9 Å². The number of aliphatic hydroxyl groups excluding tert-OH is 1. The summed E-state index contributed by atoms with van der Waals surface area (Å²) in [6, 6.07) is 0. The Morgan fingerprint density at radius 3 is 1.57 bits per heavy atom. The summed E-state index contributed by atoms with van der Waals surface area (Å²) >= 11 is 0. The highest BCUT2D eigenvalue weighted by Gasteiger charge is 2.15. The molecule has 0 rings (SSSR count). The molecular formula is C24H51N2O2+. The Kier molecular flexibility index (Phi) is 19.3. The second-order valence-electron chi connectivity index (χ2n) is 9.19. The largest absolute Gasteiger partial charge is 0.396 e. The number of carbonyl (C=O) groups excluding carboxylic acids is 1. The lowest BCUT2D eigenvalue weighted by Crippen LogP contribution is -2.49. The first kappa shape index (κ1) is 27.4. The van der Waals surface area contributed by atoms with Crippen LogP contribution in [-0.4, -0.2) is 49.4 Å². The van der Waals surface area contributed by atoms with Crippen molar-refractivity contribution < 1.29 is 14.4 Å². The third kappa shape index (κ3) is 20.1. The third-order valence-electron chi connectivity index (χ3n) is 5.63. The van der Waals surface area contributed by atoms with Crippen LogP contribution in [0.2, 0.25) is 0 Å². The van der Waals surface area contributed by atoms with Crippen LogP contribution in [0.25, 0.3) is 0 Å². The summed E-state index contributed by atoms with van der Waals surface area (Å²) in [5, 5.41) is 11.9. The lowest BCUT2D eigenvalue weighted by atomic mass is 10.0. The average molecular weight is 400 g/mol. The van der Waals surface area contributed by atoms with Gasteiger partial charge in [0, 0.05) is 19.4 Å². The number of unbranched alkanes of at least 4 members (excludes halogenated alkanes) is 14. The Morgan fingerprint density at radius 2 is 1.14 bits per heavy atom. The van der Waals surface area contributed by atoms with Crippen molar-refractivity contribution in [1.29, 1.82) is 0 Å². The maximum Gasteiger partial charge on any atom is 0.224 e. The van der Waals surface area contributed by atoms with Crippen LogP contribution in [0.5, 0.6) is 0 Å². The molecule has 0 aliphatic rings. The summed E-state index contributed by atoms with van der Waals surface area (Å²) in [5.41, 5.74) is 0. The number of amides is 1. The van der Waals surface area contributed by atoms with Gasteiger partial charge < -0.3 is 14.9 Å². The van der Waals surface area contributed by atoms with E-state index in [1.54, 1.807) is 0 Å². The van der Waals surface area contributed by atoms with E-state index in [9.17, 15) is 4.79 Å². The highest BCUT2D eigenvalue weighted by Crippen LogP contribution is 2.13. The molecule has 0 fully saturated rings. The summed E-state index contributed by atoms with van der Waals surface area (Å²) in [7, 11) is 4.17. The lowest BCUT2D eigenvalue weighted by molar-refractivity contribution is -0.892. The molecule has 1 amide bonds. The van der Waals surface area contributed by atoms with Crippen LogP contribution in [0.1, 0.15) is 116 Å². The minimum absolute atomic E-state index is 0.171. The molecule has 0 bridgehead atoms. The normalized spacial score (nSPS) is 11.7. The number of aliphatic hydroxyl groups is 1. The summed E-state index contributed by atoms with van der Waals surface area (Å²) in [6.07, 6.45) is 21.7. The van der Waals surface area contributed by atoms with E-state index in [0.717, 1.165) is 23.9 Å². The minimum atomic E-state index is 0.171. The van der Waals surface area contributed by atoms with Crippen LogP contribution in [0.15, 0.2) is 0 Å². The van der Waals surface area contributed by atoms with Gasteiger partial charge in [-0.1, -0.05) is 96.8 Å². The zero-order valence-electron chi connectivity index (χ0n) is 19.4. The van der Waals surface area contributed by atoms with Gasteiger partial charge in [0.25, 0.3) is 0 Å².